The number of esters is 1. The highest BCUT2D eigenvalue weighted by atomic mass is 32.2. The second-order valence-corrected chi connectivity index (χ2v) is 5.72. The van der Waals surface area contributed by atoms with Crippen LogP contribution in [-0.2, 0) is 24.5 Å². The van der Waals surface area contributed by atoms with Crippen LogP contribution >= 0.6 is 0 Å². The molecule has 0 aromatic heterocycles. The molecule has 17 heavy (non-hydrogen) atoms. The van der Waals surface area contributed by atoms with Crippen molar-refractivity contribution >= 4 is 16.2 Å². The van der Waals surface area contributed by atoms with Crippen molar-refractivity contribution in [2.75, 3.05) is 26.8 Å². The highest BCUT2D eigenvalue weighted by Gasteiger charge is 2.33. The highest BCUT2D eigenvalue weighted by molar-refractivity contribution is 7.87. The summed E-state index contributed by atoms with van der Waals surface area (Å²) in [6, 6.07) is -0.195. The Morgan fingerprint density at radius 3 is 2.71 bits per heavy atom. The minimum atomic E-state index is -3.56. The van der Waals surface area contributed by atoms with Crippen LogP contribution in [0.5, 0.6) is 0 Å². The fraction of sp³-hybridized carbons (Fsp3) is 0.889. The van der Waals surface area contributed by atoms with E-state index < -0.39 is 22.3 Å². The summed E-state index contributed by atoms with van der Waals surface area (Å²) < 4.78 is 37.0. The quantitative estimate of drug-likeness (QED) is 0.667. The average molecular weight is 266 g/mol. The van der Waals surface area contributed by atoms with Crippen LogP contribution in [-0.4, -0.2) is 57.6 Å². The van der Waals surface area contributed by atoms with Crippen LogP contribution in [0.1, 0.15) is 13.8 Å². The lowest BCUT2D eigenvalue weighted by Crippen LogP contribution is -2.53. The van der Waals surface area contributed by atoms with Gasteiger partial charge in [0.25, 0.3) is 10.2 Å². The maximum atomic E-state index is 11.9. The summed E-state index contributed by atoms with van der Waals surface area (Å²) >= 11 is 0. The zero-order chi connectivity index (χ0) is 13.1. The Balaban J connectivity index is 2.69. The third-order valence-corrected chi connectivity index (χ3v) is 4.00. The van der Waals surface area contributed by atoms with E-state index in [1.54, 1.807) is 13.8 Å². The van der Waals surface area contributed by atoms with Gasteiger partial charge in [-0.3, -0.25) is 0 Å². The van der Waals surface area contributed by atoms with Crippen molar-refractivity contribution in [3.8, 4) is 0 Å². The number of nitrogens with one attached hydrogen (secondary N) is 1. The molecule has 7 nitrogen and oxygen atoms in total. The van der Waals surface area contributed by atoms with Gasteiger partial charge in [0.15, 0.2) is 6.10 Å². The van der Waals surface area contributed by atoms with Gasteiger partial charge in [-0.25, -0.2) is 4.79 Å². The summed E-state index contributed by atoms with van der Waals surface area (Å²) in [6.07, 6.45) is -0.850. The lowest BCUT2D eigenvalue weighted by Gasteiger charge is -2.31. The molecular weight excluding hydrogens is 248 g/mol. The average Bonchev–Trinajstić information content (AvgIpc) is 2.26. The van der Waals surface area contributed by atoms with Crippen molar-refractivity contribution < 1.29 is 22.7 Å². The predicted octanol–water partition coefficient (Wildman–Crippen LogP) is -0.897. The molecule has 1 rings (SSSR count). The predicted molar refractivity (Wildman–Crippen MR) is 60.5 cm³/mol. The van der Waals surface area contributed by atoms with Gasteiger partial charge < -0.3 is 9.47 Å². The molecular formula is C9H18N2O5S. The van der Waals surface area contributed by atoms with Gasteiger partial charge in [0.2, 0.25) is 0 Å². The fourth-order valence-electron chi connectivity index (χ4n) is 1.49. The van der Waals surface area contributed by atoms with Crippen LogP contribution in [0.4, 0.5) is 0 Å². The first-order valence-corrected chi connectivity index (χ1v) is 6.77. The van der Waals surface area contributed by atoms with Crippen LogP contribution in [0.15, 0.2) is 0 Å². The van der Waals surface area contributed by atoms with Gasteiger partial charge in [0.05, 0.1) is 20.3 Å². The van der Waals surface area contributed by atoms with E-state index in [1.807, 2.05) is 0 Å². The number of carbonyl (C=O) groups is 1. The first-order chi connectivity index (χ1) is 7.86. The number of ether oxygens (including phenoxy) is 2. The topological polar surface area (TPSA) is 84.9 Å². The molecule has 1 heterocycles. The van der Waals surface area contributed by atoms with Crippen molar-refractivity contribution in [1.82, 2.24) is 9.03 Å². The Kier molecular flexibility index (Phi) is 4.87. The van der Waals surface area contributed by atoms with Crippen LogP contribution in [0.3, 0.4) is 0 Å². The Morgan fingerprint density at radius 2 is 2.18 bits per heavy atom. The molecule has 0 aliphatic carbocycles. The number of carbonyl (C=O) groups excluding carboxylic acids is 1. The van der Waals surface area contributed by atoms with Crippen molar-refractivity contribution in [3.05, 3.63) is 0 Å². The molecule has 0 amide bonds. The normalized spacial score (nSPS) is 22.7. The van der Waals surface area contributed by atoms with Crippen molar-refractivity contribution in [2.45, 2.75) is 26.0 Å². The van der Waals surface area contributed by atoms with Crippen molar-refractivity contribution in [3.63, 3.8) is 0 Å². The van der Waals surface area contributed by atoms with Crippen LogP contribution < -0.4 is 4.72 Å². The van der Waals surface area contributed by atoms with Crippen molar-refractivity contribution in [1.29, 1.82) is 0 Å². The largest absolute Gasteiger partial charge is 0.467 e. The van der Waals surface area contributed by atoms with E-state index in [0.717, 1.165) is 0 Å². The summed E-state index contributed by atoms with van der Waals surface area (Å²) in [7, 11) is -2.32. The Labute approximate surface area is 101 Å². The fourth-order valence-corrected chi connectivity index (χ4v) is 2.88. The van der Waals surface area contributed by atoms with Gasteiger partial charge in [-0.2, -0.15) is 17.4 Å². The first-order valence-electron chi connectivity index (χ1n) is 5.33. The number of nitrogens with zero attached hydrogens (tertiary/aromatic N) is 1. The Bertz CT molecular complexity index is 368. The smallest absolute Gasteiger partial charge is 0.336 e. The number of hydrogen-bond donors (Lipinski definition) is 1. The molecule has 1 aliphatic rings. The van der Waals surface area contributed by atoms with E-state index in [4.69, 9.17) is 4.74 Å². The van der Waals surface area contributed by atoms with Crippen molar-refractivity contribution in [2.24, 2.45) is 0 Å². The lowest BCUT2D eigenvalue weighted by atomic mass is 10.3. The maximum Gasteiger partial charge on any atom is 0.336 e. The molecule has 0 spiro atoms. The van der Waals surface area contributed by atoms with Gasteiger partial charge in [0.1, 0.15) is 0 Å². The second-order valence-electron chi connectivity index (χ2n) is 4.02. The molecule has 100 valence electrons. The molecule has 0 radical (unpaired) electrons. The van der Waals surface area contributed by atoms with Gasteiger partial charge in [-0.05, 0) is 13.8 Å². The third kappa shape index (κ3) is 3.91. The van der Waals surface area contributed by atoms with Gasteiger partial charge in [0, 0.05) is 12.6 Å². The zero-order valence-electron chi connectivity index (χ0n) is 10.2. The summed E-state index contributed by atoms with van der Waals surface area (Å²) in [6.45, 7) is 3.86. The monoisotopic (exact) mass is 266 g/mol. The zero-order valence-corrected chi connectivity index (χ0v) is 11.0. The van der Waals surface area contributed by atoms with Crippen LogP contribution in [0.2, 0.25) is 0 Å². The molecule has 0 aromatic rings. The van der Waals surface area contributed by atoms with Crippen LogP contribution in [0.25, 0.3) is 0 Å². The molecule has 1 atom stereocenters. The molecule has 8 heteroatoms. The molecule has 1 saturated heterocycles. The summed E-state index contributed by atoms with van der Waals surface area (Å²) in [4.78, 5) is 11.3. The lowest BCUT2D eigenvalue weighted by molar-refractivity contribution is -0.157. The van der Waals surface area contributed by atoms with Gasteiger partial charge in [-0.15, -0.1) is 0 Å². The van der Waals surface area contributed by atoms with Gasteiger partial charge >= 0.3 is 5.97 Å². The third-order valence-electron chi connectivity index (χ3n) is 2.22. The van der Waals surface area contributed by atoms with E-state index in [-0.39, 0.29) is 25.7 Å². The minimum absolute atomic E-state index is 0.0191. The number of hydrogen-bond acceptors (Lipinski definition) is 5. The molecule has 0 aromatic carbocycles. The maximum absolute atomic E-state index is 11.9. The second kappa shape index (κ2) is 5.76. The first kappa shape index (κ1) is 14.4. The van der Waals surface area contributed by atoms with E-state index in [0.29, 0.717) is 0 Å². The molecule has 1 fully saturated rings. The molecule has 0 bridgehead atoms. The number of methoxy groups -OCH3 is 1. The standard InChI is InChI=1S/C9H18N2O5S/c1-7(2)10-17(13,14)11-4-5-16-8(6-11)9(12)15-3/h7-8,10H,4-6H2,1-3H3. The van der Waals surface area contributed by atoms with E-state index in [1.165, 1.54) is 11.4 Å². The SMILES string of the molecule is COC(=O)C1CN(S(=O)(=O)NC(C)C)CCO1. The van der Waals surface area contributed by atoms with E-state index in [9.17, 15) is 13.2 Å². The highest BCUT2D eigenvalue weighted by Crippen LogP contribution is 2.10. The summed E-state index contributed by atoms with van der Waals surface area (Å²) in [5.74, 6) is -0.561. The van der Waals surface area contributed by atoms with E-state index >= 15 is 0 Å². The minimum Gasteiger partial charge on any atom is -0.467 e. The van der Waals surface area contributed by atoms with Gasteiger partial charge in [-0.1, -0.05) is 0 Å². The number of rotatable bonds is 4. The summed E-state index contributed by atoms with van der Waals surface area (Å²) in [5, 5.41) is 0. The molecule has 1 aliphatic heterocycles. The number of morpholine rings is 1. The van der Waals surface area contributed by atoms with E-state index in [2.05, 4.69) is 9.46 Å². The molecule has 1 unspecified atom stereocenters. The Hall–Kier alpha value is -0.700. The summed E-state index contributed by atoms with van der Waals surface area (Å²) in [5.41, 5.74) is 0. The molecule has 1 N–H and O–H groups in total. The Morgan fingerprint density at radius 1 is 1.53 bits per heavy atom. The van der Waals surface area contributed by atoms with Crippen LogP contribution in [0, 0.1) is 0 Å². The molecule has 0 saturated carbocycles.